The minimum Gasteiger partial charge on any atom is -0.506 e. The van der Waals surface area contributed by atoms with Gasteiger partial charge in [0.2, 0.25) is 0 Å². The van der Waals surface area contributed by atoms with E-state index in [0.29, 0.717) is 18.3 Å². The van der Waals surface area contributed by atoms with E-state index in [0.717, 1.165) is 30.0 Å². The highest BCUT2D eigenvalue weighted by Gasteiger charge is 2.17. The summed E-state index contributed by atoms with van der Waals surface area (Å²) < 4.78 is 11.2. The molecule has 0 aromatic carbocycles. The van der Waals surface area contributed by atoms with Crippen LogP contribution >= 0.6 is 0 Å². The third kappa shape index (κ3) is 3.51. The van der Waals surface area contributed by atoms with E-state index < -0.39 is 10.8 Å². The summed E-state index contributed by atoms with van der Waals surface area (Å²) in [5.41, 5.74) is 1.60. The lowest BCUT2D eigenvalue weighted by atomic mass is 10.1. The molecular weight excluding hydrogens is 236 g/mol. The molecule has 0 spiro atoms. The lowest BCUT2D eigenvalue weighted by Gasteiger charge is -2.22. The largest absolute Gasteiger partial charge is 0.506 e. The van der Waals surface area contributed by atoms with E-state index in [1.54, 1.807) is 12.1 Å². The van der Waals surface area contributed by atoms with Gasteiger partial charge in [-0.05, 0) is 31.9 Å². The molecule has 1 saturated heterocycles. The maximum atomic E-state index is 11.2. The van der Waals surface area contributed by atoms with Gasteiger partial charge in [0.05, 0.1) is 5.69 Å². The fraction of sp³-hybridized carbons (Fsp3) is 0.583. The summed E-state index contributed by atoms with van der Waals surface area (Å²) in [6.07, 6.45) is 1.89. The minimum atomic E-state index is -0.622. The molecule has 2 N–H and O–H groups in total. The molecule has 1 aromatic rings. The zero-order valence-corrected chi connectivity index (χ0v) is 10.8. The van der Waals surface area contributed by atoms with Crippen LogP contribution < -0.4 is 5.32 Å². The Morgan fingerprint density at radius 1 is 1.47 bits per heavy atom. The summed E-state index contributed by atoms with van der Waals surface area (Å²) in [6, 6.07) is 3.87. The predicted molar refractivity (Wildman–Crippen MR) is 68.4 cm³/mol. The third-order valence-electron chi connectivity index (χ3n) is 3.04. The van der Waals surface area contributed by atoms with Crippen LogP contribution in [0.2, 0.25) is 0 Å². The van der Waals surface area contributed by atoms with Gasteiger partial charge in [-0.3, -0.25) is 9.19 Å². The Labute approximate surface area is 104 Å². The van der Waals surface area contributed by atoms with Crippen LogP contribution in [0.15, 0.2) is 12.1 Å². The number of aromatic hydroxyl groups is 1. The second-order valence-electron chi connectivity index (χ2n) is 4.42. The van der Waals surface area contributed by atoms with Crippen LogP contribution in [-0.4, -0.2) is 31.8 Å². The number of aromatic nitrogens is 1. The summed E-state index contributed by atoms with van der Waals surface area (Å²) in [6.45, 7) is 2.48. The van der Waals surface area contributed by atoms with Crippen LogP contribution in [0.25, 0.3) is 0 Å². The van der Waals surface area contributed by atoms with Gasteiger partial charge >= 0.3 is 0 Å². The highest BCUT2D eigenvalue weighted by atomic mass is 32.2. The Hall–Kier alpha value is -0.940. The Bertz CT molecular complexity index is 413. The summed E-state index contributed by atoms with van der Waals surface area (Å²) in [7, 11) is -0.622. The lowest BCUT2D eigenvalue weighted by molar-refractivity contribution is 0.438. The minimum absolute atomic E-state index is 0.238. The van der Waals surface area contributed by atoms with Gasteiger partial charge in [0.15, 0.2) is 0 Å². The Morgan fingerprint density at radius 2 is 2.18 bits per heavy atom. The average molecular weight is 254 g/mol. The van der Waals surface area contributed by atoms with Crippen molar-refractivity contribution in [3.63, 3.8) is 0 Å². The first-order chi connectivity index (χ1) is 8.15. The zero-order chi connectivity index (χ0) is 12.3. The fourth-order valence-corrected chi connectivity index (χ4v) is 3.27. The van der Waals surface area contributed by atoms with E-state index in [2.05, 4.69) is 10.3 Å². The molecule has 1 aromatic heterocycles. The molecule has 5 heteroatoms. The fourth-order valence-electron chi connectivity index (χ4n) is 1.97. The molecule has 94 valence electrons. The van der Waals surface area contributed by atoms with Gasteiger partial charge in [-0.15, -0.1) is 0 Å². The first-order valence-electron chi connectivity index (χ1n) is 5.89. The van der Waals surface area contributed by atoms with Gasteiger partial charge < -0.3 is 10.4 Å². The molecule has 0 unspecified atom stereocenters. The molecule has 0 aliphatic carbocycles. The van der Waals surface area contributed by atoms with Crippen LogP contribution in [0, 0.1) is 6.92 Å². The SMILES string of the molecule is Cc1ccc(O)c(CNC2CCS(=O)CC2)n1. The van der Waals surface area contributed by atoms with E-state index in [9.17, 15) is 9.32 Å². The maximum absolute atomic E-state index is 11.2. The molecule has 0 saturated carbocycles. The zero-order valence-electron chi connectivity index (χ0n) is 9.98. The molecule has 17 heavy (non-hydrogen) atoms. The molecule has 0 radical (unpaired) electrons. The molecule has 1 fully saturated rings. The Morgan fingerprint density at radius 3 is 2.88 bits per heavy atom. The highest BCUT2D eigenvalue weighted by Crippen LogP contribution is 2.16. The number of hydrogen-bond acceptors (Lipinski definition) is 4. The van der Waals surface area contributed by atoms with Gasteiger partial charge in [-0.1, -0.05) is 0 Å². The summed E-state index contributed by atoms with van der Waals surface area (Å²) in [4.78, 5) is 4.30. The molecule has 1 aliphatic rings. The number of hydrogen-bond donors (Lipinski definition) is 2. The van der Waals surface area contributed by atoms with Crippen LogP contribution in [0.5, 0.6) is 5.75 Å². The van der Waals surface area contributed by atoms with Crippen molar-refractivity contribution in [3.8, 4) is 5.75 Å². The summed E-state index contributed by atoms with van der Waals surface area (Å²) in [5.74, 6) is 1.80. The first kappa shape index (κ1) is 12.5. The third-order valence-corrected chi connectivity index (χ3v) is 4.42. The van der Waals surface area contributed by atoms with Gasteiger partial charge in [-0.25, -0.2) is 0 Å². The number of nitrogens with zero attached hydrogens (tertiary/aromatic N) is 1. The van der Waals surface area contributed by atoms with Crippen LogP contribution in [0.4, 0.5) is 0 Å². The van der Waals surface area contributed by atoms with Gasteiger partial charge in [-0.2, -0.15) is 0 Å². The van der Waals surface area contributed by atoms with Crippen molar-refractivity contribution < 1.29 is 9.32 Å². The van der Waals surface area contributed by atoms with Gasteiger partial charge in [0, 0.05) is 40.6 Å². The summed E-state index contributed by atoms with van der Waals surface area (Å²) in [5, 5.41) is 13.0. The van der Waals surface area contributed by atoms with Crippen molar-refractivity contribution in [3.05, 3.63) is 23.5 Å². The second kappa shape index (κ2) is 5.60. The average Bonchev–Trinajstić information content (AvgIpc) is 2.32. The molecule has 2 rings (SSSR count). The van der Waals surface area contributed by atoms with Crippen LogP contribution in [0.3, 0.4) is 0 Å². The van der Waals surface area contributed by atoms with Gasteiger partial charge in [0.1, 0.15) is 5.75 Å². The van der Waals surface area contributed by atoms with Crippen molar-refractivity contribution >= 4 is 10.8 Å². The van der Waals surface area contributed by atoms with E-state index >= 15 is 0 Å². The normalized spacial score (nSPS) is 24.8. The van der Waals surface area contributed by atoms with Crippen molar-refractivity contribution in [2.75, 3.05) is 11.5 Å². The predicted octanol–water partition coefficient (Wildman–Crippen LogP) is 1.10. The molecule has 0 bridgehead atoms. The molecule has 0 atom stereocenters. The summed E-state index contributed by atoms with van der Waals surface area (Å²) >= 11 is 0. The number of nitrogens with one attached hydrogen (secondary N) is 1. The quantitative estimate of drug-likeness (QED) is 0.848. The highest BCUT2D eigenvalue weighted by molar-refractivity contribution is 7.85. The van der Waals surface area contributed by atoms with Crippen LogP contribution in [0.1, 0.15) is 24.2 Å². The standard InChI is InChI=1S/C12H18N2O2S/c1-9-2-3-12(15)11(14-9)8-13-10-4-6-17(16)7-5-10/h2-3,10,13,15H,4-8H2,1H3. The number of rotatable bonds is 3. The van der Waals surface area contributed by atoms with Gasteiger partial charge in [0.25, 0.3) is 0 Å². The molecule has 1 aliphatic heterocycles. The Balaban J connectivity index is 1.89. The monoisotopic (exact) mass is 254 g/mol. The van der Waals surface area contributed by atoms with E-state index in [1.165, 1.54) is 0 Å². The molecule has 2 heterocycles. The van der Waals surface area contributed by atoms with E-state index in [4.69, 9.17) is 0 Å². The van der Waals surface area contributed by atoms with Crippen molar-refractivity contribution in [2.24, 2.45) is 0 Å². The van der Waals surface area contributed by atoms with E-state index in [1.807, 2.05) is 6.92 Å². The maximum Gasteiger partial charge on any atom is 0.138 e. The van der Waals surface area contributed by atoms with Crippen molar-refractivity contribution in [1.29, 1.82) is 0 Å². The topological polar surface area (TPSA) is 62.2 Å². The van der Waals surface area contributed by atoms with Crippen molar-refractivity contribution in [2.45, 2.75) is 32.4 Å². The van der Waals surface area contributed by atoms with E-state index in [-0.39, 0.29) is 5.75 Å². The molecule has 4 nitrogen and oxygen atoms in total. The second-order valence-corrected chi connectivity index (χ2v) is 6.12. The smallest absolute Gasteiger partial charge is 0.138 e. The lowest BCUT2D eigenvalue weighted by Crippen LogP contribution is -2.35. The number of aryl methyl sites for hydroxylation is 1. The number of pyridine rings is 1. The van der Waals surface area contributed by atoms with Crippen molar-refractivity contribution in [1.82, 2.24) is 10.3 Å². The van der Waals surface area contributed by atoms with Crippen LogP contribution in [-0.2, 0) is 17.3 Å². The molecular formula is C12H18N2O2S. The first-order valence-corrected chi connectivity index (χ1v) is 7.38. The Kier molecular flexibility index (Phi) is 4.12. The molecule has 0 amide bonds.